The lowest BCUT2D eigenvalue weighted by Crippen LogP contribution is -2.45. The monoisotopic (exact) mass is 263 g/mol. The van der Waals surface area contributed by atoms with Crippen molar-refractivity contribution in [3.05, 3.63) is 29.3 Å². The lowest BCUT2D eigenvalue weighted by atomic mass is 10.1. The molecule has 1 aromatic carbocycles. The molecule has 19 heavy (non-hydrogen) atoms. The van der Waals surface area contributed by atoms with Crippen molar-refractivity contribution >= 4 is 17.5 Å². The van der Waals surface area contributed by atoms with Crippen molar-refractivity contribution in [1.82, 2.24) is 10.2 Å². The van der Waals surface area contributed by atoms with Gasteiger partial charge in [-0.05, 0) is 38.5 Å². The molecule has 5 nitrogen and oxygen atoms in total. The molecule has 104 valence electrons. The van der Waals surface area contributed by atoms with Crippen molar-refractivity contribution in [2.45, 2.75) is 26.8 Å². The molecule has 0 saturated carbocycles. The summed E-state index contributed by atoms with van der Waals surface area (Å²) in [5, 5.41) is 2.69. The number of carbonyl (C=O) groups excluding carboxylic acids is 2. The maximum atomic E-state index is 12.1. The maximum absolute atomic E-state index is 12.1. The minimum absolute atomic E-state index is 0.114. The van der Waals surface area contributed by atoms with E-state index in [1.807, 2.05) is 6.92 Å². The van der Waals surface area contributed by atoms with E-state index in [-0.39, 0.29) is 11.8 Å². The van der Waals surface area contributed by atoms with Gasteiger partial charge in [0.05, 0.1) is 0 Å². The Morgan fingerprint density at radius 1 is 1.42 bits per heavy atom. The van der Waals surface area contributed by atoms with E-state index in [1.54, 1.807) is 44.0 Å². The van der Waals surface area contributed by atoms with Crippen molar-refractivity contribution in [2.24, 2.45) is 0 Å². The summed E-state index contributed by atoms with van der Waals surface area (Å²) in [6.45, 7) is 5.95. The van der Waals surface area contributed by atoms with Crippen molar-refractivity contribution in [1.29, 1.82) is 0 Å². The van der Waals surface area contributed by atoms with Crippen LogP contribution in [-0.2, 0) is 4.79 Å². The molecular weight excluding hydrogens is 242 g/mol. The number of anilines is 1. The number of carbonyl (C=O) groups is 2. The predicted molar refractivity (Wildman–Crippen MR) is 75.8 cm³/mol. The highest BCUT2D eigenvalue weighted by atomic mass is 16.2. The van der Waals surface area contributed by atoms with Crippen molar-refractivity contribution in [2.75, 3.05) is 19.3 Å². The van der Waals surface area contributed by atoms with Crippen LogP contribution in [0.25, 0.3) is 0 Å². The fraction of sp³-hybridized carbons (Fsp3) is 0.429. The second-order valence-electron chi connectivity index (χ2n) is 4.57. The van der Waals surface area contributed by atoms with E-state index in [0.717, 1.165) is 5.56 Å². The average Bonchev–Trinajstić information content (AvgIpc) is 2.39. The third-order valence-electron chi connectivity index (χ3n) is 3.19. The van der Waals surface area contributed by atoms with Gasteiger partial charge in [0.2, 0.25) is 5.91 Å². The van der Waals surface area contributed by atoms with Crippen LogP contribution >= 0.6 is 0 Å². The van der Waals surface area contributed by atoms with Gasteiger partial charge in [-0.1, -0.05) is 6.07 Å². The summed E-state index contributed by atoms with van der Waals surface area (Å²) >= 11 is 0. The molecule has 0 saturated heterocycles. The molecule has 5 heteroatoms. The van der Waals surface area contributed by atoms with E-state index in [4.69, 9.17) is 5.73 Å². The largest absolute Gasteiger partial charge is 0.398 e. The van der Waals surface area contributed by atoms with E-state index in [1.165, 1.54) is 0 Å². The third-order valence-corrected chi connectivity index (χ3v) is 3.19. The summed E-state index contributed by atoms with van der Waals surface area (Å²) < 4.78 is 0. The second-order valence-corrected chi connectivity index (χ2v) is 4.57. The average molecular weight is 263 g/mol. The van der Waals surface area contributed by atoms with Crippen LogP contribution in [0.15, 0.2) is 18.2 Å². The van der Waals surface area contributed by atoms with Crippen LogP contribution in [0.4, 0.5) is 5.69 Å². The summed E-state index contributed by atoms with van der Waals surface area (Å²) in [5.74, 6) is -0.396. The first-order valence-electron chi connectivity index (χ1n) is 6.29. The summed E-state index contributed by atoms with van der Waals surface area (Å²) in [4.78, 5) is 25.6. The fourth-order valence-electron chi connectivity index (χ4n) is 1.72. The van der Waals surface area contributed by atoms with Gasteiger partial charge in [0.1, 0.15) is 6.04 Å². The Morgan fingerprint density at radius 2 is 2.05 bits per heavy atom. The fourth-order valence-corrected chi connectivity index (χ4v) is 1.72. The molecule has 0 radical (unpaired) electrons. The highest BCUT2D eigenvalue weighted by Gasteiger charge is 2.20. The van der Waals surface area contributed by atoms with E-state index in [9.17, 15) is 9.59 Å². The van der Waals surface area contributed by atoms with Gasteiger partial charge in [0.25, 0.3) is 5.91 Å². The molecule has 0 fully saturated rings. The van der Waals surface area contributed by atoms with Gasteiger partial charge < -0.3 is 16.0 Å². The predicted octanol–water partition coefficient (Wildman–Crippen LogP) is 1.17. The Morgan fingerprint density at radius 3 is 2.63 bits per heavy atom. The normalized spacial score (nSPS) is 11.8. The smallest absolute Gasteiger partial charge is 0.252 e. The Labute approximate surface area is 113 Å². The number of amides is 2. The maximum Gasteiger partial charge on any atom is 0.252 e. The molecule has 0 bridgehead atoms. The zero-order valence-electron chi connectivity index (χ0n) is 11.9. The number of nitrogen functional groups attached to an aromatic ring is 1. The first-order chi connectivity index (χ1) is 8.88. The van der Waals surface area contributed by atoms with Crippen LogP contribution < -0.4 is 11.1 Å². The molecule has 2 amide bonds. The minimum atomic E-state index is -0.557. The molecule has 0 heterocycles. The SMILES string of the molecule is CCN(C)C(=O)C(C)NC(=O)c1cccc(N)c1C. The highest BCUT2D eigenvalue weighted by Crippen LogP contribution is 2.15. The van der Waals surface area contributed by atoms with E-state index >= 15 is 0 Å². The Kier molecular flexibility index (Phi) is 4.92. The van der Waals surface area contributed by atoms with E-state index < -0.39 is 6.04 Å². The molecule has 1 aromatic rings. The molecule has 1 atom stereocenters. The third kappa shape index (κ3) is 3.47. The van der Waals surface area contributed by atoms with Gasteiger partial charge in [0, 0.05) is 24.8 Å². The number of nitrogens with two attached hydrogens (primary N) is 1. The number of hydrogen-bond donors (Lipinski definition) is 2. The number of hydrogen-bond acceptors (Lipinski definition) is 3. The van der Waals surface area contributed by atoms with Gasteiger partial charge >= 0.3 is 0 Å². The second kappa shape index (κ2) is 6.22. The Hall–Kier alpha value is -2.04. The summed E-state index contributed by atoms with van der Waals surface area (Å²) in [6, 6.07) is 4.60. The molecule has 0 aliphatic carbocycles. The molecule has 1 rings (SSSR count). The van der Waals surface area contributed by atoms with Gasteiger partial charge in [0.15, 0.2) is 0 Å². The molecule has 0 aliphatic rings. The highest BCUT2D eigenvalue weighted by molar-refractivity contribution is 5.99. The van der Waals surface area contributed by atoms with Gasteiger partial charge in [-0.3, -0.25) is 9.59 Å². The number of rotatable bonds is 4. The Balaban J connectivity index is 2.80. The van der Waals surface area contributed by atoms with Crippen LogP contribution in [0.2, 0.25) is 0 Å². The van der Waals surface area contributed by atoms with E-state index in [0.29, 0.717) is 17.8 Å². The van der Waals surface area contributed by atoms with E-state index in [2.05, 4.69) is 5.32 Å². The standard InChI is InChI=1S/C14H21N3O2/c1-5-17(4)14(19)10(3)16-13(18)11-7-6-8-12(15)9(11)2/h6-8,10H,5,15H2,1-4H3,(H,16,18). The van der Waals surface area contributed by atoms with Crippen LogP contribution in [0, 0.1) is 6.92 Å². The lowest BCUT2D eigenvalue weighted by molar-refractivity contribution is -0.131. The van der Waals surface area contributed by atoms with Crippen molar-refractivity contribution < 1.29 is 9.59 Å². The Bertz CT molecular complexity index is 486. The lowest BCUT2D eigenvalue weighted by Gasteiger charge is -2.21. The topological polar surface area (TPSA) is 75.4 Å². The summed E-state index contributed by atoms with van der Waals surface area (Å²) in [7, 11) is 1.71. The van der Waals surface area contributed by atoms with Gasteiger partial charge in [-0.2, -0.15) is 0 Å². The number of nitrogens with zero attached hydrogens (tertiary/aromatic N) is 1. The number of nitrogens with one attached hydrogen (secondary N) is 1. The summed E-state index contributed by atoms with van der Waals surface area (Å²) in [5.41, 5.74) is 7.55. The van der Waals surface area contributed by atoms with Crippen molar-refractivity contribution in [3.8, 4) is 0 Å². The number of likely N-dealkylation sites (N-methyl/N-ethyl adjacent to an activating group) is 1. The van der Waals surface area contributed by atoms with Crippen LogP contribution in [-0.4, -0.2) is 36.3 Å². The first-order valence-corrected chi connectivity index (χ1v) is 6.29. The molecular formula is C14H21N3O2. The first kappa shape index (κ1) is 15.0. The zero-order valence-corrected chi connectivity index (χ0v) is 11.9. The number of benzene rings is 1. The molecule has 3 N–H and O–H groups in total. The molecule has 0 aromatic heterocycles. The molecule has 0 aliphatic heterocycles. The van der Waals surface area contributed by atoms with Gasteiger partial charge in [-0.25, -0.2) is 0 Å². The van der Waals surface area contributed by atoms with Crippen LogP contribution in [0.1, 0.15) is 29.8 Å². The van der Waals surface area contributed by atoms with Crippen molar-refractivity contribution in [3.63, 3.8) is 0 Å². The molecule has 1 unspecified atom stereocenters. The van der Waals surface area contributed by atoms with Crippen LogP contribution in [0.5, 0.6) is 0 Å². The summed E-state index contributed by atoms with van der Waals surface area (Å²) in [6.07, 6.45) is 0. The van der Waals surface area contributed by atoms with Gasteiger partial charge in [-0.15, -0.1) is 0 Å². The van der Waals surface area contributed by atoms with Crippen LogP contribution in [0.3, 0.4) is 0 Å². The minimum Gasteiger partial charge on any atom is -0.398 e. The zero-order chi connectivity index (χ0) is 14.6. The molecule has 0 spiro atoms. The quantitative estimate of drug-likeness (QED) is 0.801.